The topological polar surface area (TPSA) is 70.6 Å². The van der Waals surface area contributed by atoms with E-state index in [0.29, 0.717) is 12.5 Å². The molecule has 0 rings (SSSR count). The summed E-state index contributed by atoms with van der Waals surface area (Å²) in [5, 5.41) is 6.16. The maximum Gasteiger partial charge on any atom is 0.191 e. The predicted octanol–water partition coefficient (Wildman–Crippen LogP) is 1.02. The van der Waals surface area contributed by atoms with Crippen molar-refractivity contribution in [2.75, 3.05) is 32.1 Å². The van der Waals surface area contributed by atoms with Crippen molar-refractivity contribution < 1.29 is 8.42 Å². The summed E-state index contributed by atoms with van der Waals surface area (Å²) in [7, 11) is -1.23. The van der Waals surface area contributed by atoms with Crippen molar-refractivity contribution in [1.29, 1.82) is 0 Å². The fourth-order valence-corrected chi connectivity index (χ4v) is 1.93. The van der Waals surface area contributed by atoms with Gasteiger partial charge in [0.15, 0.2) is 5.96 Å². The van der Waals surface area contributed by atoms with Crippen LogP contribution >= 0.6 is 0 Å². The smallest absolute Gasteiger partial charge is 0.191 e. The number of hydrogen-bond acceptors (Lipinski definition) is 3. The quantitative estimate of drug-likeness (QED) is 0.395. The molecule has 0 aromatic heterocycles. The molecule has 6 heteroatoms. The summed E-state index contributed by atoms with van der Waals surface area (Å²) < 4.78 is 21.9. The van der Waals surface area contributed by atoms with Gasteiger partial charge in [0, 0.05) is 26.4 Å². The zero-order valence-electron chi connectivity index (χ0n) is 12.0. The third-order valence-electron chi connectivity index (χ3n) is 2.49. The van der Waals surface area contributed by atoms with Gasteiger partial charge in [-0.15, -0.1) is 0 Å². The van der Waals surface area contributed by atoms with Gasteiger partial charge in [0.2, 0.25) is 0 Å². The average Bonchev–Trinajstić information content (AvgIpc) is 2.24. The van der Waals surface area contributed by atoms with Crippen LogP contribution in [0.5, 0.6) is 0 Å². The average molecular weight is 277 g/mol. The highest BCUT2D eigenvalue weighted by atomic mass is 32.2. The predicted molar refractivity (Wildman–Crippen MR) is 77.8 cm³/mol. The summed E-state index contributed by atoms with van der Waals surface area (Å²) in [5.74, 6) is 1.54. The highest BCUT2D eigenvalue weighted by Crippen LogP contribution is 2.04. The molecule has 0 bridgehead atoms. The van der Waals surface area contributed by atoms with Crippen LogP contribution in [-0.4, -0.2) is 46.5 Å². The molecule has 0 amide bonds. The van der Waals surface area contributed by atoms with E-state index in [-0.39, 0.29) is 5.75 Å². The van der Waals surface area contributed by atoms with Crippen molar-refractivity contribution in [1.82, 2.24) is 10.6 Å². The van der Waals surface area contributed by atoms with E-state index in [0.717, 1.165) is 18.9 Å². The minimum atomic E-state index is -2.91. The molecule has 0 aromatic rings. The molecular formula is C12H27N3O2S. The lowest BCUT2D eigenvalue weighted by molar-refractivity contribution is 0.534. The van der Waals surface area contributed by atoms with Gasteiger partial charge in [-0.3, -0.25) is 4.99 Å². The summed E-state index contributed by atoms with van der Waals surface area (Å²) in [4.78, 5) is 4.04. The fourth-order valence-electron chi connectivity index (χ4n) is 1.46. The Hall–Kier alpha value is -0.780. The summed E-state index contributed by atoms with van der Waals surface area (Å²) in [6, 6.07) is 0. The molecule has 0 aromatic carbocycles. The van der Waals surface area contributed by atoms with Crippen LogP contribution in [0.15, 0.2) is 4.99 Å². The Bertz CT molecular complexity index is 337. The highest BCUT2D eigenvalue weighted by molar-refractivity contribution is 7.90. The SMILES string of the molecule is CN=C(NCCCCC(C)C)NCCS(C)(=O)=O. The Morgan fingerprint density at radius 3 is 2.28 bits per heavy atom. The van der Waals surface area contributed by atoms with E-state index in [1.165, 1.54) is 19.1 Å². The maximum atomic E-state index is 11.0. The van der Waals surface area contributed by atoms with Crippen molar-refractivity contribution >= 4 is 15.8 Å². The normalized spacial score (nSPS) is 12.8. The molecule has 0 fully saturated rings. The van der Waals surface area contributed by atoms with Crippen molar-refractivity contribution in [2.45, 2.75) is 33.1 Å². The van der Waals surface area contributed by atoms with Crippen LogP contribution in [0.1, 0.15) is 33.1 Å². The van der Waals surface area contributed by atoms with Gasteiger partial charge in [-0.25, -0.2) is 8.42 Å². The molecule has 0 unspecified atom stereocenters. The highest BCUT2D eigenvalue weighted by Gasteiger charge is 2.02. The van der Waals surface area contributed by atoms with Crippen molar-refractivity contribution in [2.24, 2.45) is 10.9 Å². The summed E-state index contributed by atoms with van der Waals surface area (Å²) in [6.45, 7) is 5.70. The first-order valence-corrected chi connectivity index (χ1v) is 8.53. The Morgan fingerprint density at radius 1 is 1.17 bits per heavy atom. The van der Waals surface area contributed by atoms with Crippen LogP contribution in [0, 0.1) is 5.92 Å². The van der Waals surface area contributed by atoms with Crippen molar-refractivity contribution in [3.8, 4) is 0 Å². The van der Waals surface area contributed by atoms with Crippen LogP contribution in [-0.2, 0) is 9.84 Å². The second-order valence-electron chi connectivity index (χ2n) is 4.95. The molecule has 0 atom stereocenters. The lowest BCUT2D eigenvalue weighted by atomic mass is 10.1. The molecule has 0 radical (unpaired) electrons. The number of nitrogens with zero attached hydrogens (tertiary/aromatic N) is 1. The van der Waals surface area contributed by atoms with E-state index >= 15 is 0 Å². The van der Waals surface area contributed by atoms with Crippen LogP contribution in [0.4, 0.5) is 0 Å². The molecule has 0 spiro atoms. The molecule has 0 heterocycles. The lowest BCUT2D eigenvalue weighted by Crippen LogP contribution is -2.39. The molecular weight excluding hydrogens is 250 g/mol. The van der Waals surface area contributed by atoms with Gasteiger partial charge in [0.25, 0.3) is 0 Å². The molecule has 0 saturated carbocycles. The first-order chi connectivity index (χ1) is 8.35. The maximum absolute atomic E-state index is 11.0. The van der Waals surface area contributed by atoms with Gasteiger partial charge < -0.3 is 10.6 Å². The van der Waals surface area contributed by atoms with Crippen molar-refractivity contribution in [3.05, 3.63) is 0 Å². The summed E-state index contributed by atoms with van der Waals surface area (Å²) in [6.07, 6.45) is 4.77. The zero-order valence-corrected chi connectivity index (χ0v) is 12.8. The van der Waals surface area contributed by atoms with E-state index in [4.69, 9.17) is 0 Å². The number of sulfone groups is 1. The summed E-state index contributed by atoms with van der Waals surface area (Å²) >= 11 is 0. The number of rotatable bonds is 8. The molecule has 0 aliphatic carbocycles. The molecule has 108 valence electrons. The van der Waals surface area contributed by atoms with E-state index < -0.39 is 9.84 Å². The molecule has 0 aliphatic rings. The second-order valence-corrected chi connectivity index (χ2v) is 7.21. The Kier molecular flexibility index (Phi) is 8.79. The standard InChI is InChI=1S/C12H27N3O2S/c1-11(2)7-5-6-8-14-12(13-3)15-9-10-18(4,16)17/h11H,5-10H2,1-4H3,(H2,13,14,15). The van der Waals surface area contributed by atoms with Gasteiger partial charge >= 0.3 is 0 Å². The minimum Gasteiger partial charge on any atom is -0.356 e. The van der Waals surface area contributed by atoms with Crippen molar-refractivity contribution in [3.63, 3.8) is 0 Å². The first kappa shape index (κ1) is 17.2. The summed E-state index contributed by atoms with van der Waals surface area (Å²) in [5.41, 5.74) is 0. The van der Waals surface area contributed by atoms with Gasteiger partial charge in [-0.2, -0.15) is 0 Å². The van der Waals surface area contributed by atoms with Gasteiger partial charge in [0.1, 0.15) is 9.84 Å². The lowest BCUT2D eigenvalue weighted by Gasteiger charge is -2.11. The number of aliphatic imine (C=N–C) groups is 1. The Morgan fingerprint density at radius 2 is 1.78 bits per heavy atom. The monoisotopic (exact) mass is 277 g/mol. The van der Waals surface area contributed by atoms with Gasteiger partial charge in [0.05, 0.1) is 5.75 Å². The molecule has 0 aliphatic heterocycles. The number of unbranched alkanes of at least 4 members (excludes halogenated alkanes) is 1. The minimum absolute atomic E-state index is 0.126. The first-order valence-electron chi connectivity index (χ1n) is 6.47. The number of nitrogens with one attached hydrogen (secondary N) is 2. The fraction of sp³-hybridized carbons (Fsp3) is 0.917. The Balaban J connectivity index is 3.66. The largest absolute Gasteiger partial charge is 0.356 e. The molecule has 2 N–H and O–H groups in total. The van der Waals surface area contributed by atoms with Crippen LogP contribution < -0.4 is 10.6 Å². The second kappa shape index (κ2) is 9.19. The van der Waals surface area contributed by atoms with E-state index in [2.05, 4.69) is 29.5 Å². The Labute approximate surface area is 111 Å². The third kappa shape index (κ3) is 11.7. The van der Waals surface area contributed by atoms with Crippen LogP contribution in [0.2, 0.25) is 0 Å². The van der Waals surface area contributed by atoms with Crippen LogP contribution in [0.25, 0.3) is 0 Å². The number of guanidine groups is 1. The molecule has 18 heavy (non-hydrogen) atoms. The van der Waals surface area contributed by atoms with E-state index in [1.807, 2.05) is 0 Å². The number of hydrogen-bond donors (Lipinski definition) is 2. The third-order valence-corrected chi connectivity index (χ3v) is 3.44. The van der Waals surface area contributed by atoms with Gasteiger partial charge in [-0.05, 0) is 12.3 Å². The zero-order chi connectivity index (χ0) is 14.0. The van der Waals surface area contributed by atoms with E-state index in [9.17, 15) is 8.42 Å². The van der Waals surface area contributed by atoms with E-state index in [1.54, 1.807) is 7.05 Å². The molecule has 5 nitrogen and oxygen atoms in total. The van der Waals surface area contributed by atoms with Crippen LogP contribution in [0.3, 0.4) is 0 Å². The van der Waals surface area contributed by atoms with Gasteiger partial charge in [-0.1, -0.05) is 26.7 Å². The molecule has 0 saturated heterocycles.